The molecule has 1 atom stereocenters. The summed E-state index contributed by atoms with van der Waals surface area (Å²) in [7, 11) is 0. The third-order valence-electron chi connectivity index (χ3n) is 5.60. The van der Waals surface area contributed by atoms with E-state index in [1.807, 2.05) is 18.4 Å². The zero-order chi connectivity index (χ0) is 18.5. The molecule has 5 rings (SSSR count). The molecule has 0 radical (unpaired) electrons. The average Bonchev–Trinajstić information content (AvgIpc) is 3.30. The van der Waals surface area contributed by atoms with Crippen molar-refractivity contribution in [3.8, 4) is 0 Å². The molecule has 140 valence electrons. The number of fused-ring (bicyclic) bond motifs is 2. The summed E-state index contributed by atoms with van der Waals surface area (Å²) >= 11 is 0. The van der Waals surface area contributed by atoms with Gasteiger partial charge in [0.05, 0.1) is 18.0 Å². The fourth-order valence-electron chi connectivity index (χ4n) is 4.27. The molecule has 1 fully saturated rings. The van der Waals surface area contributed by atoms with Gasteiger partial charge in [0.15, 0.2) is 5.82 Å². The summed E-state index contributed by atoms with van der Waals surface area (Å²) in [5.41, 5.74) is 5.50. The molecule has 0 aliphatic carbocycles. The summed E-state index contributed by atoms with van der Waals surface area (Å²) in [6.45, 7) is 9.17. The Kier molecular flexibility index (Phi) is 3.82. The summed E-state index contributed by atoms with van der Waals surface area (Å²) in [4.78, 5) is 21.0. The number of anilines is 1. The van der Waals surface area contributed by atoms with Gasteiger partial charge in [-0.3, -0.25) is 0 Å². The molecular formula is C19H23N7O. The van der Waals surface area contributed by atoms with Gasteiger partial charge in [-0.2, -0.15) is 5.10 Å². The highest BCUT2D eigenvalue weighted by atomic mass is 16.5. The summed E-state index contributed by atoms with van der Waals surface area (Å²) in [6, 6.07) is 0. The molecule has 0 N–H and O–H groups in total. The third kappa shape index (κ3) is 2.66. The van der Waals surface area contributed by atoms with Crippen LogP contribution in [-0.2, 0) is 17.7 Å². The molecule has 27 heavy (non-hydrogen) atoms. The van der Waals surface area contributed by atoms with Crippen LogP contribution in [0.2, 0.25) is 0 Å². The van der Waals surface area contributed by atoms with Crippen LogP contribution in [0.25, 0.3) is 5.52 Å². The number of imidazole rings is 1. The lowest BCUT2D eigenvalue weighted by molar-refractivity contribution is 0.193. The highest BCUT2D eigenvalue weighted by molar-refractivity contribution is 5.73. The molecule has 0 saturated carbocycles. The maximum absolute atomic E-state index is 5.61. The van der Waals surface area contributed by atoms with Crippen molar-refractivity contribution in [3.05, 3.63) is 40.6 Å². The van der Waals surface area contributed by atoms with Crippen molar-refractivity contribution in [3.63, 3.8) is 0 Å². The minimum Gasteiger partial charge on any atom is -0.381 e. The fourth-order valence-corrected chi connectivity index (χ4v) is 4.27. The Labute approximate surface area is 157 Å². The smallest absolute Gasteiger partial charge is 0.158 e. The van der Waals surface area contributed by atoms with E-state index in [0.29, 0.717) is 5.92 Å². The molecular weight excluding hydrogens is 342 g/mol. The van der Waals surface area contributed by atoms with Crippen LogP contribution in [0.15, 0.2) is 6.33 Å². The second kappa shape index (κ2) is 6.23. The molecule has 0 amide bonds. The molecule has 0 bridgehead atoms. The van der Waals surface area contributed by atoms with E-state index in [-0.39, 0.29) is 0 Å². The first kappa shape index (κ1) is 16.6. The molecule has 3 aromatic heterocycles. The number of aromatic nitrogens is 6. The van der Waals surface area contributed by atoms with E-state index in [2.05, 4.69) is 31.9 Å². The fraction of sp³-hybridized carbons (Fsp3) is 0.526. The molecule has 0 aromatic carbocycles. The summed E-state index contributed by atoms with van der Waals surface area (Å²) in [5.74, 6) is 2.99. The van der Waals surface area contributed by atoms with E-state index in [1.165, 1.54) is 5.56 Å². The van der Waals surface area contributed by atoms with Gasteiger partial charge in [-0.1, -0.05) is 0 Å². The van der Waals surface area contributed by atoms with Gasteiger partial charge in [0.25, 0.3) is 0 Å². The Morgan fingerprint density at radius 3 is 2.85 bits per heavy atom. The minimum atomic E-state index is 0.309. The highest BCUT2D eigenvalue weighted by Gasteiger charge is 2.29. The van der Waals surface area contributed by atoms with Gasteiger partial charge in [-0.25, -0.2) is 24.5 Å². The second-order valence-corrected chi connectivity index (χ2v) is 7.40. The van der Waals surface area contributed by atoms with Crippen LogP contribution in [0.1, 0.15) is 46.6 Å². The molecule has 5 heterocycles. The lowest BCUT2D eigenvalue weighted by atomic mass is 10.0. The predicted molar refractivity (Wildman–Crippen MR) is 100.0 cm³/mol. The number of rotatable bonds is 2. The normalized spacial score (nSPS) is 19.7. The Balaban J connectivity index is 1.61. The van der Waals surface area contributed by atoms with Crippen LogP contribution in [0.4, 0.5) is 5.82 Å². The Morgan fingerprint density at radius 2 is 2.04 bits per heavy atom. The first-order chi connectivity index (χ1) is 13.1. The SMILES string of the molecule is Cc1nc(C)c2c(n1)CCN(c1ncnn3c(C)nc([C@@H]4CCOC4)c13)C2. The Morgan fingerprint density at radius 1 is 1.15 bits per heavy atom. The van der Waals surface area contributed by atoms with Gasteiger partial charge in [-0.05, 0) is 27.2 Å². The van der Waals surface area contributed by atoms with Crippen LogP contribution in [-0.4, -0.2) is 49.3 Å². The Hall–Kier alpha value is -2.61. The van der Waals surface area contributed by atoms with Crippen LogP contribution in [0.3, 0.4) is 0 Å². The quantitative estimate of drug-likeness (QED) is 0.686. The van der Waals surface area contributed by atoms with E-state index in [1.54, 1.807) is 6.33 Å². The van der Waals surface area contributed by atoms with E-state index in [9.17, 15) is 0 Å². The van der Waals surface area contributed by atoms with Gasteiger partial charge in [0.2, 0.25) is 0 Å². The van der Waals surface area contributed by atoms with Crippen molar-refractivity contribution < 1.29 is 4.74 Å². The van der Waals surface area contributed by atoms with Gasteiger partial charge < -0.3 is 9.64 Å². The van der Waals surface area contributed by atoms with Crippen LogP contribution in [0, 0.1) is 20.8 Å². The maximum atomic E-state index is 5.61. The summed E-state index contributed by atoms with van der Waals surface area (Å²) in [5, 5.41) is 4.45. The topological polar surface area (TPSA) is 81.3 Å². The monoisotopic (exact) mass is 365 g/mol. The van der Waals surface area contributed by atoms with Gasteiger partial charge >= 0.3 is 0 Å². The minimum absolute atomic E-state index is 0.309. The number of ether oxygens (including phenoxy) is 1. The molecule has 0 unspecified atom stereocenters. The molecule has 2 aliphatic heterocycles. The molecule has 8 heteroatoms. The Bertz CT molecular complexity index is 1020. The van der Waals surface area contributed by atoms with Gasteiger partial charge in [0.1, 0.15) is 23.5 Å². The first-order valence-corrected chi connectivity index (χ1v) is 9.47. The standard InChI is InChI=1S/C19H23N7O/c1-11-15-8-25(6-4-16(15)23-12(2)22-11)19-18-17(14-5-7-27-9-14)24-13(3)26(18)21-10-20-19/h10,14H,4-9H2,1-3H3/t14-/m1/s1. The van der Waals surface area contributed by atoms with E-state index >= 15 is 0 Å². The maximum Gasteiger partial charge on any atom is 0.158 e. The largest absolute Gasteiger partial charge is 0.381 e. The molecule has 0 spiro atoms. The van der Waals surface area contributed by atoms with Crippen LogP contribution >= 0.6 is 0 Å². The highest BCUT2D eigenvalue weighted by Crippen LogP contribution is 2.34. The van der Waals surface area contributed by atoms with E-state index in [0.717, 1.165) is 79.2 Å². The number of aryl methyl sites for hydroxylation is 3. The zero-order valence-electron chi connectivity index (χ0n) is 15.9. The zero-order valence-corrected chi connectivity index (χ0v) is 15.9. The van der Waals surface area contributed by atoms with Crippen molar-refractivity contribution >= 4 is 11.3 Å². The number of nitrogens with zero attached hydrogens (tertiary/aromatic N) is 7. The van der Waals surface area contributed by atoms with Crippen LogP contribution < -0.4 is 4.90 Å². The van der Waals surface area contributed by atoms with Crippen molar-refractivity contribution in [1.29, 1.82) is 0 Å². The van der Waals surface area contributed by atoms with Crippen molar-refractivity contribution in [1.82, 2.24) is 29.5 Å². The predicted octanol–water partition coefficient (Wildman–Crippen LogP) is 1.91. The molecule has 2 aliphatic rings. The van der Waals surface area contributed by atoms with E-state index in [4.69, 9.17) is 9.72 Å². The number of hydrogen-bond acceptors (Lipinski definition) is 7. The lowest BCUT2D eigenvalue weighted by Crippen LogP contribution is -2.33. The second-order valence-electron chi connectivity index (χ2n) is 7.40. The molecule has 1 saturated heterocycles. The van der Waals surface area contributed by atoms with Crippen molar-refractivity contribution in [2.45, 2.75) is 46.1 Å². The average molecular weight is 365 g/mol. The molecule has 8 nitrogen and oxygen atoms in total. The van der Waals surface area contributed by atoms with E-state index < -0.39 is 0 Å². The van der Waals surface area contributed by atoms with Crippen LogP contribution in [0.5, 0.6) is 0 Å². The lowest BCUT2D eigenvalue weighted by Gasteiger charge is -2.30. The summed E-state index contributed by atoms with van der Waals surface area (Å²) < 4.78 is 7.53. The third-order valence-corrected chi connectivity index (χ3v) is 5.60. The molecule has 3 aromatic rings. The summed E-state index contributed by atoms with van der Waals surface area (Å²) in [6.07, 6.45) is 3.51. The number of hydrogen-bond donors (Lipinski definition) is 0. The van der Waals surface area contributed by atoms with Gasteiger partial charge in [0, 0.05) is 43.3 Å². The van der Waals surface area contributed by atoms with Gasteiger partial charge in [-0.15, -0.1) is 0 Å². The van der Waals surface area contributed by atoms with Crippen molar-refractivity contribution in [2.75, 3.05) is 24.7 Å². The van der Waals surface area contributed by atoms with Crippen molar-refractivity contribution in [2.24, 2.45) is 0 Å². The first-order valence-electron chi connectivity index (χ1n) is 9.47.